The molecule has 0 fully saturated rings. The maximum absolute atomic E-state index is 10.6. The fourth-order valence-corrected chi connectivity index (χ4v) is 1.81. The van der Waals surface area contributed by atoms with Gasteiger partial charge in [0.2, 0.25) is 0 Å². The van der Waals surface area contributed by atoms with E-state index in [-0.39, 0.29) is 0 Å². The van der Waals surface area contributed by atoms with Gasteiger partial charge < -0.3 is 9.84 Å². The van der Waals surface area contributed by atoms with Crippen molar-refractivity contribution in [3.8, 4) is 17.6 Å². The maximum Gasteiger partial charge on any atom is 0.341 e. The van der Waals surface area contributed by atoms with E-state index in [1.165, 1.54) is 0 Å². The molecule has 0 radical (unpaired) electrons. The van der Waals surface area contributed by atoms with Crippen LogP contribution in [0.4, 0.5) is 0 Å². The molecule has 3 nitrogen and oxygen atoms in total. The molecular weight excluding hydrogens is 288 g/mol. The highest BCUT2D eigenvalue weighted by atomic mass is 35.5. The molecule has 0 aliphatic heterocycles. The number of carbonyl (C=O) groups is 1. The van der Waals surface area contributed by atoms with Crippen molar-refractivity contribution in [3.63, 3.8) is 0 Å². The van der Waals surface area contributed by atoms with E-state index in [0.29, 0.717) is 16.3 Å². The van der Waals surface area contributed by atoms with Crippen molar-refractivity contribution in [1.82, 2.24) is 0 Å². The maximum atomic E-state index is 10.6. The number of benzene rings is 2. The zero-order valence-corrected chi connectivity index (χ0v) is 12.1. The van der Waals surface area contributed by atoms with E-state index in [2.05, 4.69) is 11.8 Å². The van der Waals surface area contributed by atoms with Gasteiger partial charge in [0.15, 0.2) is 6.61 Å². The molecule has 0 aliphatic rings. The Morgan fingerprint density at radius 3 is 2.57 bits per heavy atom. The molecular formula is C17H13ClO3. The standard InChI is InChI=1S/C17H13ClO3/c1-12-2-4-13(5-3-12)6-7-14-10-15(18)8-9-16(14)21-11-17(19)20/h2-5,8-10H,11H2,1H3,(H,19,20). The topological polar surface area (TPSA) is 46.5 Å². The molecule has 0 spiro atoms. The SMILES string of the molecule is Cc1ccc(C#Cc2cc(Cl)ccc2OCC(=O)O)cc1. The number of rotatable bonds is 3. The van der Waals surface area contributed by atoms with Crippen LogP contribution in [0.1, 0.15) is 16.7 Å². The summed E-state index contributed by atoms with van der Waals surface area (Å²) in [4.78, 5) is 10.6. The van der Waals surface area contributed by atoms with Crippen LogP contribution in [0.5, 0.6) is 5.75 Å². The van der Waals surface area contributed by atoms with Gasteiger partial charge in [-0.25, -0.2) is 4.79 Å². The molecule has 4 heteroatoms. The largest absolute Gasteiger partial charge is 0.481 e. The molecule has 0 saturated carbocycles. The van der Waals surface area contributed by atoms with E-state index in [1.807, 2.05) is 31.2 Å². The van der Waals surface area contributed by atoms with Gasteiger partial charge in [-0.15, -0.1) is 0 Å². The van der Waals surface area contributed by atoms with Crippen molar-refractivity contribution in [2.75, 3.05) is 6.61 Å². The molecule has 2 aromatic carbocycles. The number of halogens is 1. The molecule has 0 aliphatic carbocycles. The molecule has 2 aromatic rings. The summed E-state index contributed by atoms with van der Waals surface area (Å²) >= 11 is 5.94. The van der Waals surface area contributed by atoms with Crippen molar-refractivity contribution in [2.45, 2.75) is 6.92 Å². The zero-order valence-electron chi connectivity index (χ0n) is 11.4. The van der Waals surface area contributed by atoms with Gasteiger partial charge in [0.05, 0.1) is 5.56 Å². The Kier molecular flexibility index (Phi) is 4.86. The first-order valence-corrected chi connectivity index (χ1v) is 6.65. The molecule has 0 amide bonds. The zero-order chi connectivity index (χ0) is 15.2. The first-order valence-electron chi connectivity index (χ1n) is 6.27. The third kappa shape index (κ3) is 4.55. The second-order valence-electron chi connectivity index (χ2n) is 4.44. The Bertz CT molecular complexity index is 709. The Morgan fingerprint density at radius 2 is 1.90 bits per heavy atom. The summed E-state index contributed by atoms with van der Waals surface area (Å²) in [7, 11) is 0. The predicted octanol–water partition coefficient (Wildman–Crippen LogP) is 3.51. The smallest absolute Gasteiger partial charge is 0.341 e. The minimum atomic E-state index is -1.04. The van der Waals surface area contributed by atoms with Crippen LogP contribution in [-0.2, 0) is 4.79 Å². The normalized spacial score (nSPS) is 9.62. The second kappa shape index (κ2) is 6.83. The molecule has 1 N–H and O–H groups in total. The number of carboxylic acid groups (broad SMARTS) is 1. The lowest BCUT2D eigenvalue weighted by Crippen LogP contribution is -2.10. The van der Waals surface area contributed by atoms with Crippen LogP contribution in [0.15, 0.2) is 42.5 Å². The molecule has 2 rings (SSSR count). The first-order chi connectivity index (χ1) is 10.0. The molecule has 0 saturated heterocycles. The van der Waals surface area contributed by atoms with Crippen molar-refractivity contribution < 1.29 is 14.6 Å². The Hall–Kier alpha value is -2.44. The minimum Gasteiger partial charge on any atom is -0.481 e. The van der Waals surface area contributed by atoms with Crippen molar-refractivity contribution in [2.24, 2.45) is 0 Å². The number of hydrogen-bond donors (Lipinski definition) is 1. The average molecular weight is 301 g/mol. The van der Waals surface area contributed by atoms with Crippen LogP contribution in [0.3, 0.4) is 0 Å². The van der Waals surface area contributed by atoms with Gasteiger partial charge in [-0.1, -0.05) is 41.1 Å². The molecule has 0 atom stereocenters. The molecule has 21 heavy (non-hydrogen) atoms. The highest BCUT2D eigenvalue weighted by Crippen LogP contribution is 2.22. The van der Waals surface area contributed by atoms with Gasteiger partial charge in [-0.3, -0.25) is 0 Å². The summed E-state index contributed by atoms with van der Waals surface area (Å²) in [6.45, 7) is 1.59. The van der Waals surface area contributed by atoms with E-state index >= 15 is 0 Å². The lowest BCUT2D eigenvalue weighted by molar-refractivity contribution is -0.139. The van der Waals surface area contributed by atoms with Gasteiger partial charge in [-0.05, 0) is 37.3 Å². The lowest BCUT2D eigenvalue weighted by Gasteiger charge is -2.06. The number of aliphatic carboxylic acids is 1. The van der Waals surface area contributed by atoms with Crippen LogP contribution >= 0.6 is 11.6 Å². The Labute approximate surface area is 128 Å². The third-order valence-corrected chi connectivity index (χ3v) is 2.92. The Morgan fingerprint density at radius 1 is 1.19 bits per heavy atom. The van der Waals surface area contributed by atoms with Gasteiger partial charge in [0, 0.05) is 10.6 Å². The summed E-state index contributed by atoms with van der Waals surface area (Å²) < 4.78 is 5.20. The lowest BCUT2D eigenvalue weighted by atomic mass is 10.1. The number of ether oxygens (including phenoxy) is 1. The first kappa shape index (κ1) is 15.0. The van der Waals surface area contributed by atoms with E-state index < -0.39 is 12.6 Å². The van der Waals surface area contributed by atoms with Crippen LogP contribution in [0, 0.1) is 18.8 Å². The van der Waals surface area contributed by atoms with E-state index in [0.717, 1.165) is 11.1 Å². The van der Waals surface area contributed by atoms with Crippen molar-refractivity contribution in [1.29, 1.82) is 0 Å². The summed E-state index contributed by atoms with van der Waals surface area (Å²) in [6.07, 6.45) is 0. The van der Waals surface area contributed by atoms with Crippen molar-refractivity contribution in [3.05, 3.63) is 64.2 Å². The summed E-state index contributed by atoms with van der Waals surface area (Å²) in [5, 5.41) is 9.19. The predicted molar refractivity (Wildman–Crippen MR) is 81.7 cm³/mol. The number of carboxylic acids is 1. The van der Waals surface area contributed by atoms with Crippen LogP contribution < -0.4 is 4.74 Å². The molecule has 0 bridgehead atoms. The highest BCUT2D eigenvalue weighted by molar-refractivity contribution is 6.30. The van der Waals surface area contributed by atoms with Crippen LogP contribution in [0.25, 0.3) is 0 Å². The van der Waals surface area contributed by atoms with Gasteiger partial charge in [-0.2, -0.15) is 0 Å². The third-order valence-electron chi connectivity index (χ3n) is 2.69. The van der Waals surface area contributed by atoms with Crippen LogP contribution in [0.2, 0.25) is 5.02 Å². The highest BCUT2D eigenvalue weighted by Gasteiger charge is 2.05. The molecule has 0 unspecified atom stereocenters. The van der Waals surface area contributed by atoms with Crippen molar-refractivity contribution >= 4 is 17.6 Å². The van der Waals surface area contributed by atoms with Gasteiger partial charge in [0.1, 0.15) is 5.75 Å². The van der Waals surface area contributed by atoms with Gasteiger partial charge in [0.25, 0.3) is 0 Å². The summed E-state index contributed by atoms with van der Waals surface area (Å²) in [6, 6.07) is 12.7. The molecule has 0 heterocycles. The summed E-state index contributed by atoms with van der Waals surface area (Å²) in [5.41, 5.74) is 2.59. The minimum absolute atomic E-state index is 0.404. The van der Waals surface area contributed by atoms with E-state index in [1.54, 1.807) is 18.2 Å². The van der Waals surface area contributed by atoms with E-state index in [9.17, 15) is 4.79 Å². The Balaban J connectivity index is 2.28. The fourth-order valence-electron chi connectivity index (χ4n) is 1.64. The second-order valence-corrected chi connectivity index (χ2v) is 4.88. The van der Waals surface area contributed by atoms with E-state index in [4.69, 9.17) is 21.4 Å². The molecule has 106 valence electrons. The number of aryl methyl sites for hydroxylation is 1. The number of hydrogen-bond acceptors (Lipinski definition) is 2. The fraction of sp³-hybridized carbons (Fsp3) is 0.118. The van der Waals surface area contributed by atoms with Crippen LogP contribution in [-0.4, -0.2) is 17.7 Å². The summed E-state index contributed by atoms with van der Waals surface area (Å²) in [5.74, 6) is 5.33. The monoisotopic (exact) mass is 300 g/mol. The molecule has 0 aromatic heterocycles. The average Bonchev–Trinajstić information content (AvgIpc) is 2.45. The quantitative estimate of drug-likeness (QED) is 0.882. The van der Waals surface area contributed by atoms with Gasteiger partial charge >= 0.3 is 5.97 Å².